The van der Waals surface area contributed by atoms with Crippen molar-refractivity contribution < 1.29 is 4.79 Å². The van der Waals surface area contributed by atoms with E-state index in [4.69, 9.17) is 23.2 Å². The van der Waals surface area contributed by atoms with Crippen molar-refractivity contribution in [1.29, 1.82) is 0 Å². The molecule has 0 radical (unpaired) electrons. The molecule has 0 atom stereocenters. The molecule has 6 heteroatoms. The Morgan fingerprint density at radius 3 is 2.82 bits per heavy atom. The molecule has 0 spiro atoms. The van der Waals surface area contributed by atoms with Gasteiger partial charge in [0.25, 0.3) is 0 Å². The largest absolute Gasteiger partial charge is 0.332 e. The quantitative estimate of drug-likeness (QED) is 0.611. The van der Waals surface area contributed by atoms with E-state index in [1.54, 1.807) is 22.8 Å². The Hall–Kier alpha value is -1.000. The van der Waals surface area contributed by atoms with Gasteiger partial charge in [-0.05, 0) is 6.92 Å². The number of halogens is 2. The number of hydrogen-bond acceptors (Lipinski definition) is 2. The summed E-state index contributed by atoms with van der Waals surface area (Å²) in [4.78, 5) is 13.2. The van der Waals surface area contributed by atoms with Crippen LogP contribution in [-0.4, -0.2) is 33.0 Å². The maximum atomic E-state index is 11.6. The number of alkyl halides is 1. The van der Waals surface area contributed by atoms with Crippen LogP contribution in [0.1, 0.15) is 12.6 Å². The molecule has 0 bridgehead atoms. The zero-order chi connectivity index (χ0) is 12.8. The molecule has 0 saturated carbocycles. The molecular weight excluding hydrogens is 261 g/mol. The molecule has 1 amide bonds. The van der Waals surface area contributed by atoms with Crippen molar-refractivity contribution in [3.63, 3.8) is 0 Å². The minimum Gasteiger partial charge on any atom is -0.332 e. The van der Waals surface area contributed by atoms with Crippen molar-refractivity contribution in [3.8, 4) is 0 Å². The van der Waals surface area contributed by atoms with Gasteiger partial charge in [-0.25, -0.2) is 0 Å². The standard InChI is InChI=1S/C11H15Cl2N3O/c1-3-4-5-16(11(17)6-12)8-10-9(13)7-15(2)14-10/h3-4,7H,5-6,8H2,1-2H3/b4-3+. The van der Waals surface area contributed by atoms with Crippen molar-refractivity contribution in [2.45, 2.75) is 13.5 Å². The van der Waals surface area contributed by atoms with Crippen LogP contribution in [-0.2, 0) is 18.4 Å². The summed E-state index contributed by atoms with van der Waals surface area (Å²) in [5.74, 6) is -0.173. The second-order valence-electron chi connectivity index (χ2n) is 3.57. The Bertz CT molecular complexity index is 415. The Morgan fingerprint density at radius 2 is 2.35 bits per heavy atom. The van der Waals surface area contributed by atoms with E-state index in [2.05, 4.69) is 5.10 Å². The lowest BCUT2D eigenvalue weighted by atomic mass is 10.3. The molecule has 1 heterocycles. The van der Waals surface area contributed by atoms with E-state index in [0.29, 0.717) is 23.8 Å². The molecular formula is C11H15Cl2N3O. The number of nitrogens with zero attached hydrogens (tertiary/aromatic N) is 3. The zero-order valence-corrected chi connectivity index (χ0v) is 11.4. The van der Waals surface area contributed by atoms with Crippen LogP contribution < -0.4 is 0 Å². The maximum absolute atomic E-state index is 11.6. The van der Waals surface area contributed by atoms with Gasteiger partial charge in [-0.1, -0.05) is 23.8 Å². The molecule has 94 valence electrons. The minimum atomic E-state index is -0.133. The number of aryl methyl sites for hydroxylation is 1. The number of aromatic nitrogens is 2. The van der Waals surface area contributed by atoms with Gasteiger partial charge in [0.05, 0.1) is 11.6 Å². The molecule has 1 rings (SSSR count). The second-order valence-corrected chi connectivity index (χ2v) is 4.25. The van der Waals surface area contributed by atoms with Crippen LogP contribution in [0.5, 0.6) is 0 Å². The van der Waals surface area contributed by atoms with Gasteiger partial charge in [0.2, 0.25) is 5.91 Å². The van der Waals surface area contributed by atoms with Crippen molar-refractivity contribution >= 4 is 29.1 Å². The summed E-state index contributed by atoms with van der Waals surface area (Å²) < 4.78 is 1.62. The molecule has 0 aromatic carbocycles. The lowest BCUT2D eigenvalue weighted by Gasteiger charge is -2.19. The maximum Gasteiger partial charge on any atom is 0.238 e. The zero-order valence-electron chi connectivity index (χ0n) is 9.86. The molecule has 0 aliphatic carbocycles. The van der Waals surface area contributed by atoms with Crippen LogP contribution in [0.3, 0.4) is 0 Å². The number of allylic oxidation sites excluding steroid dienone is 1. The fraction of sp³-hybridized carbons (Fsp3) is 0.455. The van der Waals surface area contributed by atoms with Gasteiger partial charge in [0.1, 0.15) is 11.6 Å². The van der Waals surface area contributed by atoms with Crippen molar-refractivity contribution in [2.24, 2.45) is 7.05 Å². The molecule has 0 saturated heterocycles. The Labute approximate surface area is 111 Å². The number of amides is 1. The van der Waals surface area contributed by atoms with E-state index in [1.165, 1.54) is 0 Å². The lowest BCUT2D eigenvalue weighted by molar-refractivity contribution is -0.128. The smallest absolute Gasteiger partial charge is 0.238 e. The van der Waals surface area contributed by atoms with Crippen LogP contribution in [0, 0.1) is 0 Å². The molecule has 0 aliphatic heterocycles. The van der Waals surface area contributed by atoms with E-state index in [1.807, 2.05) is 19.1 Å². The van der Waals surface area contributed by atoms with Gasteiger partial charge in [-0.3, -0.25) is 9.48 Å². The summed E-state index contributed by atoms with van der Waals surface area (Å²) in [6, 6.07) is 0. The van der Waals surface area contributed by atoms with Gasteiger partial charge in [-0.2, -0.15) is 5.10 Å². The van der Waals surface area contributed by atoms with Crippen LogP contribution in [0.25, 0.3) is 0 Å². The molecule has 1 aromatic heterocycles. The van der Waals surface area contributed by atoms with Crippen molar-refractivity contribution in [1.82, 2.24) is 14.7 Å². The Kier molecular flexibility index (Phi) is 5.51. The molecule has 1 aromatic rings. The van der Waals surface area contributed by atoms with E-state index in [-0.39, 0.29) is 11.8 Å². The average Bonchev–Trinajstić information content (AvgIpc) is 2.62. The predicted octanol–water partition coefficient (Wildman–Crippen LogP) is 2.22. The Balaban J connectivity index is 2.78. The van der Waals surface area contributed by atoms with E-state index in [0.717, 1.165) is 0 Å². The third kappa shape index (κ3) is 4.06. The van der Waals surface area contributed by atoms with Gasteiger partial charge < -0.3 is 4.90 Å². The molecule has 17 heavy (non-hydrogen) atoms. The van der Waals surface area contributed by atoms with E-state index in [9.17, 15) is 4.79 Å². The fourth-order valence-electron chi connectivity index (χ4n) is 1.37. The lowest BCUT2D eigenvalue weighted by Crippen LogP contribution is -2.32. The predicted molar refractivity (Wildman–Crippen MR) is 69.2 cm³/mol. The summed E-state index contributed by atoms with van der Waals surface area (Å²) in [5, 5.41) is 4.75. The molecule has 0 N–H and O–H groups in total. The summed E-state index contributed by atoms with van der Waals surface area (Å²) in [7, 11) is 1.79. The number of carbonyl (C=O) groups is 1. The van der Waals surface area contributed by atoms with Gasteiger partial charge in [0.15, 0.2) is 0 Å². The first-order valence-corrected chi connectivity index (χ1v) is 6.12. The second kappa shape index (κ2) is 6.67. The van der Waals surface area contributed by atoms with Gasteiger partial charge in [-0.15, -0.1) is 11.6 Å². The first kappa shape index (κ1) is 14.1. The summed E-state index contributed by atoms with van der Waals surface area (Å²) >= 11 is 11.6. The number of carbonyl (C=O) groups excluding carboxylic acids is 1. The summed E-state index contributed by atoms with van der Waals surface area (Å²) in [5.41, 5.74) is 0.678. The number of hydrogen-bond donors (Lipinski definition) is 0. The fourth-order valence-corrected chi connectivity index (χ4v) is 1.77. The first-order valence-electron chi connectivity index (χ1n) is 5.21. The van der Waals surface area contributed by atoms with Gasteiger partial charge >= 0.3 is 0 Å². The molecule has 4 nitrogen and oxygen atoms in total. The van der Waals surface area contributed by atoms with E-state index >= 15 is 0 Å². The van der Waals surface area contributed by atoms with Gasteiger partial charge in [0, 0.05) is 19.8 Å². The van der Waals surface area contributed by atoms with Crippen molar-refractivity contribution in [3.05, 3.63) is 29.1 Å². The van der Waals surface area contributed by atoms with Crippen molar-refractivity contribution in [2.75, 3.05) is 12.4 Å². The van der Waals surface area contributed by atoms with Crippen LogP contribution >= 0.6 is 23.2 Å². The highest BCUT2D eigenvalue weighted by Crippen LogP contribution is 2.15. The summed E-state index contributed by atoms with van der Waals surface area (Å²) in [6.07, 6.45) is 5.48. The normalized spacial score (nSPS) is 11.1. The highest BCUT2D eigenvalue weighted by Gasteiger charge is 2.15. The first-order chi connectivity index (χ1) is 8.08. The minimum absolute atomic E-state index is 0.0397. The van der Waals surface area contributed by atoms with Crippen LogP contribution in [0.4, 0.5) is 0 Å². The Morgan fingerprint density at radius 1 is 1.65 bits per heavy atom. The highest BCUT2D eigenvalue weighted by molar-refractivity contribution is 6.31. The van der Waals surface area contributed by atoms with Crippen LogP contribution in [0.2, 0.25) is 5.02 Å². The SMILES string of the molecule is C/C=C/CN(Cc1nn(C)cc1Cl)C(=O)CCl. The average molecular weight is 276 g/mol. The van der Waals surface area contributed by atoms with E-state index < -0.39 is 0 Å². The molecule has 0 fully saturated rings. The monoisotopic (exact) mass is 275 g/mol. The third-order valence-corrected chi connectivity index (χ3v) is 2.77. The molecule has 0 unspecified atom stereocenters. The van der Waals surface area contributed by atoms with Crippen LogP contribution in [0.15, 0.2) is 18.3 Å². The summed E-state index contributed by atoms with van der Waals surface area (Å²) in [6.45, 7) is 2.78. The topological polar surface area (TPSA) is 38.1 Å². The molecule has 0 aliphatic rings. The third-order valence-electron chi connectivity index (χ3n) is 2.22. The highest BCUT2D eigenvalue weighted by atomic mass is 35.5. The number of rotatable bonds is 5.